The molecule has 0 aliphatic rings. The highest BCUT2D eigenvalue weighted by atomic mass is 127. The van der Waals surface area contributed by atoms with E-state index in [2.05, 4.69) is 27.5 Å². The second-order valence-electron chi connectivity index (χ2n) is 5.38. The van der Waals surface area contributed by atoms with Gasteiger partial charge in [-0.3, -0.25) is 4.99 Å². The summed E-state index contributed by atoms with van der Waals surface area (Å²) in [6, 6.07) is 0. The van der Waals surface area contributed by atoms with Crippen LogP contribution in [0.1, 0.15) is 30.2 Å². The van der Waals surface area contributed by atoms with Gasteiger partial charge in [0, 0.05) is 50.7 Å². The first-order valence-corrected chi connectivity index (χ1v) is 10.7. The van der Waals surface area contributed by atoms with Crippen molar-refractivity contribution in [3.63, 3.8) is 0 Å². The molecule has 0 fully saturated rings. The number of thiazole rings is 1. The van der Waals surface area contributed by atoms with Crippen LogP contribution in [0.15, 0.2) is 11.2 Å². The van der Waals surface area contributed by atoms with Crippen molar-refractivity contribution in [2.75, 3.05) is 39.0 Å². The topological polar surface area (TPSA) is 86.7 Å². The zero-order valence-electron chi connectivity index (χ0n) is 15.4. The van der Waals surface area contributed by atoms with Crippen molar-refractivity contribution in [3.8, 4) is 0 Å². The molecule has 7 nitrogen and oxygen atoms in total. The largest absolute Gasteiger partial charge is 0.357 e. The van der Waals surface area contributed by atoms with Gasteiger partial charge in [0.15, 0.2) is 5.96 Å². The van der Waals surface area contributed by atoms with Gasteiger partial charge in [0.1, 0.15) is 0 Å². The van der Waals surface area contributed by atoms with Crippen LogP contribution in [-0.4, -0.2) is 62.6 Å². The zero-order valence-corrected chi connectivity index (χ0v) is 19.4. The Morgan fingerprint density at radius 2 is 2.08 bits per heavy atom. The van der Waals surface area contributed by atoms with E-state index >= 15 is 0 Å². The molecule has 0 atom stereocenters. The van der Waals surface area contributed by atoms with E-state index in [0.29, 0.717) is 19.5 Å². The van der Waals surface area contributed by atoms with Crippen LogP contribution in [0.25, 0.3) is 0 Å². The monoisotopic (exact) mass is 503 g/mol. The molecule has 0 aliphatic carbocycles. The van der Waals surface area contributed by atoms with E-state index in [1.807, 2.05) is 13.1 Å². The maximum atomic E-state index is 11.7. The smallest absolute Gasteiger partial charge is 0.213 e. The van der Waals surface area contributed by atoms with Gasteiger partial charge >= 0.3 is 0 Å². The van der Waals surface area contributed by atoms with Crippen molar-refractivity contribution in [3.05, 3.63) is 16.1 Å². The molecule has 1 aromatic rings. The summed E-state index contributed by atoms with van der Waals surface area (Å²) in [6.07, 6.45) is 3.44. The number of sulfonamides is 1. The van der Waals surface area contributed by atoms with Gasteiger partial charge in [0.25, 0.3) is 0 Å². The van der Waals surface area contributed by atoms with Gasteiger partial charge in [-0.1, -0.05) is 0 Å². The molecule has 0 amide bonds. The molecule has 0 aromatic carbocycles. The molecular formula is C15H30IN5O2S2. The van der Waals surface area contributed by atoms with Crippen molar-refractivity contribution < 1.29 is 8.42 Å². The van der Waals surface area contributed by atoms with Crippen molar-refractivity contribution in [1.29, 1.82) is 0 Å². The highest BCUT2D eigenvalue weighted by Gasteiger charge is 2.13. The van der Waals surface area contributed by atoms with E-state index < -0.39 is 10.0 Å². The van der Waals surface area contributed by atoms with Crippen LogP contribution < -0.4 is 10.6 Å². The SMILES string of the molecule is CCNC(=NCCCN(C)S(=O)(=O)CC)NCCc1ncc(C)s1.I. The summed E-state index contributed by atoms with van der Waals surface area (Å²) < 4.78 is 24.7. The second kappa shape index (κ2) is 12.8. The number of nitrogens with zero attached hydrogens (tertiary/aromatic N) is 3. The molecule has 0 unspecified atom stereocenters. The lowest BCUT2D eigenvalue weighted by Crippen LogP contribution is -2.38. The Balaban J connectivity index is 0.00000576. The van der Waals surface area contributed by atoms with Crippen LogP contribution in [0.2, 0.25) is 0 Å². The lowest BCUT2D eigenvalue weighted by Gasteiger charge is -2.15. The number of halogens is 1. The maximum absolute atomic E-state index is 11.7. The average Bonchev–Trinajstić information content (AvgIpc) is 2.96. The number of guanidine groups is 1. The molecule has 0 saturated carbocycles. The summed E-state index contributed by atoms with van der Waals surface area (Å²) in [6.45, 7) is 8.34. The molecule has 0 spiro atoms. The molecule has 1 aromatic heterocycles. The van der Waals surface area contributed by atoms with Gasteiger partial charge in [0.05, 0.1) is 10.8 Å². The standard InChI is InChI=1S/C15H29N5O2S2.HI/c1-5-16-15(18-10-8-14-19-12-13(3)23-14)17-9-7-11-20(4)24(21,22)6-2;/h12H,5-11H2,1-4H3,(H2,16,17,18);1H. The fraction of sp³-hybridized carbons (Fsp3) is 0.733. The number of aryl methyl sites for hydroxylation is 1. The van der Waals surface area contributed by atoms with E-state index in [1.54, 1.807) is 25.3 Å². The second-order valence-corrected chi connectivity index (χ2v) is 9.06. The Kier molecular flexibility index (Phi) is 12.6. The Hall–Kier alpha value is -0.460. The number of hydrogen-bond donors (Lipinski definition) is 2. The van der Waals surface area contributed by atoms with Gasteiger partial charge in [-0.25, -0.2) is 17.7 Å². The Morgan fingerprint density at radius 1 is 1.36 bits per heavy atom. The first-order valence-electron chi connectivity index (χ1n) is 8.26. The third-order valence-corrected chi connectivity index (χ3v) is 6.22. The lowest BCUT2D eigenvalue weighted by atomic mass is 10.4. The van der Waals surface area contributed by atoms with Crippen LogP contribution in [0, 0.1) is 6.92 Å². The average molecular weight is 503 g/mol. The van der Waals surface area contributed by atoms with E-state index in [0.717, 1.165) is 30.5 Å². The fourth-order valence-electron chi connectivity index (χ4n) is 1.99. The normalized spacial score (nSPS) is 12.1. The maximum Gasteiger partial charge on any atom is 0.213 e. The minimum absolute atomic E-state index is 0. The van der Waals surface area contributed by atoms with Gasteiger partial charge < -0.3 is 10.6 Å². The van der Waals surface area contributed by atoms with Gasteiger partial charge in [-0.2, -0.15) is 0 Å². The molecule has 2 N–H and O–H groups in total. The first-order chi connectivity index (χ1) is 11.4. The molecule has 146 valence electrons. The van der Waals surface area contributed by atoms with Crippen LogP contribution in [0.5, 0.6) is 0 Å². The van der Waals surface area contributed by atoms with Crippen LogP contribution in [0.4, 0.5) is 0 Å². The number of rotatable bonds is 10. The predicted octanol–water partition coefficient (Wildman–Crippen LogP) is 1.84. The quantitative estimate of drug-likeness (QED) is 0.220. The highest BCUT2D eigenvalue weighted by Crippen LogP contribution is 2.10. The third-order valence-electron chi connectivity index (χ3n) is 3.39. The molecule has 25 heavy (non-hydrogen) atoms. The lowest BCUT2D eigenvalue weighted by molar-refractivity contribution is 0.465. The molecule has 1 heterocycles. The molecule has 0 radical (unpaired) electrons. The molecule has 1 rings (SSSR count). The van der Waals surface area contributed by atoms with Crippen LogP contribution in [0.3, 0.4) is 0 Å². The molecule has 0 aliphatic heterocycles. The Labute approximate surface area is 172 Å². The molecule has 10 heteroatoms. The van der Waals surface area contributed by atoms with Gasteiger partial charge in [-0.05, 0) is 27.2 Å². The summed E-state index contributed by atoms with van der Waals surface area (Å²) in [4.78, 5) is 10.0. The van der Waals surface area contributed by atoms with Crippen LogP contribution in [-0.2, 0) is 16.4 Å². The summed E-state index contributed by atoms with van der Waals surface area (Å²) in [5.41, 5.74) is 0. The minimum atomic E-state index is -3.10. The van der Waals surface area contributed by atoms with Crippen molar-refractivity contribution in [2.45, 2.75) is 33.6 Å². The number of aliphatic imine (C=N–C) groups is 1. The van der Waals surface area contributed by atoms with E-state index in [9.17, 15) is 8.42 Å². The van der Waals surface area contributed by atoms with Crippen molar-refractivity contribution in [1.82, 2.24) is 19.9 Å². The Morgan fingerprint density at radius 3 is 2.64 bits per heavy atom. The number of hydrogen-bond acceptors (Lipinski definition) is 5. The Bertz CT molecular complexity index is 619. The minimum Gasteiger partial charge on any atom is -0.357 e. The van der Waals surface area contributed by atoms with Gasteiger partial charge in [0.2, 0.25) is 10.0 Å². The molecule has 0 saturated heterocycles. The molecule has 0 bridgehead atoms. The van der Waals surface area contributed by atoms with E-state index in [1.165, 1.54) is 9.18 Å². The number of aromatic nitrogens is 1. The van der Waals surface area contributed by atoms with Crippen molar-refractivity contribution >= 4 is 51.3 Å². The van der Waals surface area contributed by atoms with Crippen molar-refractivity contribution in [2.24, 2.45) is 4.99 Å². The third kappa shape index (κ3) is 9.71. The number of nitrogens with one attached hydrogen (secondary N) is 2. The van der Waals surface area contributed by atoms with E-state index in [-0.39, 0.29) is 29.7 Å². The summed E-state index contributed by atoms with van der Waals surface area (Å²) in [5.74, 6) is 0.888. The van der Waals surface area contributed by atoms with Gasteiger partial charge in [-0.15, -0.1) is 35.3 Å². The highest BCUT2D eigenvalue weighted by molar-refractivity contribution is 14.0. The molecular weight excluding hydrogens is 473 g/mol. The van der Waals surface area contributed by atoms with E-state index in [4.69, 9.17) is 0 Å². The predicted molar refractivity (Wildman–Crippen MR) is 117 cm³/mol. The summed E-state index contributed by atoms with van der Waals surface area (Å²) >= 11 is 1.71. The summed E-state index contributed by atoms with van der Waals surface area (Å²) in [5, 5.41) is 7.59. The first kappa shape index (κ1) is 24.5. The van der Waals surface area contributed by atoms with Crippen LogP contribution >= 0.6 is 35.3 Å². The summed E-state index contributed by atoms with van der Waals surface area (Å²) in [7, 11) is -1.49. The zero-order chi connectivity index (χ0) is 18.0. The fourth-order valence-corrected chi connectivity index (χ4v) is 3.62.